The lowest BCUT2D eigenvalue weighted by atomic mass is 10.3. The standard InChI is InChI=1S/C10H10F3N5/c11-10(12,13)7-14-6-9-15-16-17-18(9)8-4-2-1-3-5-8/h1-5,14H,6-7H2. The maximum absolute atomic E-state index is 12.0. The predicted molar refractivity (Wildman–Crippen MR) is 56.9 cm³/mol. The van der Waals surface area contributed by atoms with Crippen molar-refractivity contribution in [1.82, 2.24) is 25.5 Å². The van der Waals surface area contributed by atoms with Crippen LogP contribution in [0.4, 0.5) is 13.2 Å². The molecule has 1 N–H and O–H groups in total. The van der Waals surface area contributed by atoms with E-state index in [1.165, 1.54) is 4.68 Å². The highest BCUT2D eigenvalue weighted by Crippen LogP contribution is 2.12. The van der Waals surface area contributed by atoms with E-state index in [0.717, 1.165) is 0 Å². The Hall–Kier alpha value is -1.96. The number of nitrogens with one attached hydrogen (secondary N) is 1. The van der Waals surface area contributed by atoms with Gasteiger partial charge in [-0.15, -0.1) is 5.10 Å². The Labute approximate surface area is 101 Å². The minimum atomic E-state index is -4.25. The molecule has 0 bridgehead atoms. The second-order valence-corrected chi connectivity index (χ2v) is 3.56. The molecule has 0 spiro atoms. The molecule has 8 heteroatoms. The molecule has 1 aromatic heterocycles. The second kappa shape index (κ2) is 5.13. The summed E-state index contributed by atoms with van der Waals surface area (Å²) >= 11 is 0. The van der Waals surface area contributed by atoms with Crippen molar-refractivity contribution in [2.75, 3.05) is 6.54 Å². The average Bonchev–Trinajstić information content (AvgIpc) is 2.77. The zero-order valence-electron chi connectivity index (χ0n) is 9.22. The van der Waals surface area contributed by atoms with E-state index in [1.54, 1.807) is 24.3 Å². The summed E-state index contributed by atoms with van der Waals surface area (Å²) in [6.45, 7) is -1.13. The number of halogens is 3. The number of nitrogens with zero attached hydrogens (tertiary/aromatic N) is 4. The highest BCUT2D eigenvalue weighted by atomic mass is 19.4. The van der Waals surface area contributed by atoms with E-state index in [1.807, 2.05) is 6.07 Å². The Kier molecular flexibility index (Phi) is 3.56. The van der Waals surface area contributed by atoms with Gasteiger partial charge in [-0.2, -0.15) is 17.9 Å². The first-order valence-electron chi connectivity index (χ1n) is 5.16. The number of hydrogen-bond donors (Lipinski definition) is 1. The fourth-order valence-corrected chi connectivity index (χ4v) is 1.40. The van der Waals surface area contributed by atoms with Crippen molar-refractivity contribution in [1.29, 1.82) is 0 Å². The Morgan fingerprint density at radius 1 is 1.17 bits per heavy atom. The van der Waals surface area contributed by atoms with Gasteiger partial charge in [0.2, 0.25) is 0 Å². The molecule has 0 saturated heterocycles. The number of rotatable bonds is 4. The third kappa shape index (κ3) is 3.27. The molecule has 18 heavy (non-hydrogen) atoms. The minimum absolute atomic E-state index is 0.0542. The van der Waals surface area contributed by atoms with Gasteiger partial charge in [-0.3, -0.25) is 0 Å². The normalized spacial score (nSPS) is 11.7. The monoisotopic (exact) mass is 257 g/mol. The Balaban J connectivity index is 2.05. The van der Waals surface area contributed by atoms with Gasteiger partial charge in [-0.05, 0) is 22.6 Å². The largest absolute Gasteiger partial charge is 0.401 e. The zero-order valence-corrected chi connectivity index (χ0v) is 9.22. The van der Waals surface area contributed by atoms with E-state index >= 15 is 0 Å². The number of alkyl halides is 3. The van der Waals surface area contributed by atoms with Gasteiger partial charge in [0.05, 0.1) is 18.8 Å². The summed E-state index contributed by atoms with van der Waals surface area (Å²) in [6, 6.07) is 8.95. The summed E-state index contributed by atoms with van der Waals surface area (Å²) in [6.07, 6.45) is -4.25. The molecule has 0 radical (unpaired) electrons. The van der Waals surface area contributed by atoms with Crippen LogP contribution in [0.5, 0.6) is 0 Å². The molecule has 0 atom stereocenters. The van der Waals surface area contributed by atoms with E-state index in [4.69, 9.17) is 0 Å². The summed E-state index contributed by atoms with van der Waals surface area (Å²) in [4.78, 5) is 0. The van der Waals surface area contributed by atoms with E-state index in [2.05, 4.69) is 20.8 Å². The average molecular weight is 257 g/mol. The molecule has 0 amide bonds. The number of tetrazole rings is 1. The molecule has 0 aliphatic heterocycles. The van der Waals surface area contributed by atoms with Crippen LogP contribution < -0.4 is 5.32 Å². The number of benzene rings is 1. The minimum Gasteiger partial charge on any atom is -0.302 e. The fraction of sp³-hybridized carbons (Fsp3) is 0.300. The van der Waals surface area contributed by atoms with Gasteiger partial charge in [0.1, 0.15) is 0 Å². The molecule has 1 heterocycles. The van der Waals surface area contributed by atoms with Gasteiger partial charge in [-0.1, -0.05) is 18.2 Å². The van der Waals surface area contributed by atoms with Crippen molar-refractivity contribution in [3.05, 3.63) is 36.2 Å². The molecule has 0 saturated carbocycles. The molecule has 2 rings (SSSR count). The van der Waals surface area contributed by atoms with Crippen LogP contribution in [0.25, 0.3) is 5.69 Å². The Bertz CT molecular complexity index is 494. The predicted octanol–water partition coefficient (Wildman–Crippen LogP) is 1.31. The van der Waals surface area contributed by atoms with E-state index in [9.17, 15) is 13.2 Å². The van der Waals surface area contributed by atoms with Crippen LogP contribution in [0, 0.1) is 0 Å². The third-order valence-electron chi connectivity index (χ3n) is 2.14. The van der Waals surface area contributed by atoms with Gasteiger partial charge in [-0.25, -0.2) is 0 Å². The third-order valence-corrected chi connectivity index (χ3v) is 2.14. The van der Waals surface area contributed by atoms with Crippen molar-refractivity contribution in [2.24, 2.45) is 0 Å². The van der Waals surface area contributed by atoms with Crippen molar-refractivity contribution in [3.8, 4) is 5.69 Å². The number of hydrogen-bond acceptors (Lipinski definition) is 4. The first-order chi connectivity index (χ1) is 8.56. The molecule has 1 aromatic carbocycles. The van der Waals surface area contributed by atoms with Crippen LogP contribution in [-0.4, -0.2) is 32.9 Å². The van der Waals surface area contributed by atoms with Gasteiger partial charge in [0, 0.05) is 0 Å². The topological polar surface area (TPSA) is 55.6 Å². The quantitative estimate of drug-likeness (QED) is 0.897. The highest BCUT2D eigenvalue weighted by Gasteiger charge is 2.26. The van der Waals surface area contributed by atoms with Crippen molar-refractivity contribution in [3.63, 3.8) is 0 Å². The van der Waals surface area contributed by atoms with Crippen LogP contribution in [0.1, 0.15) is 5.82 Å². The zero-order chi connectivity index (χ0) is 13.0. The van der Waals surface area contributed by atoms with Gasteiger partial charge >= 0.3 is 6.18 Å². The maximum atomic E-state index is 12.0. The van der Waals surface area contributed by atoms with Crippen molar-refractivity contribution >= 4 is 0 Å². The Morgan fingerprint density at radius 2 is 1.89 bits per heavy atom. The number of aromatic nitrogens is 4. The highest BCUT2D eigenvalue weighted by molar-refractivity contribution is 5.30. The van der Waals surface area contributed by atoms with Crippen LogP contribution in [0.3, 0.4) is 0 Å². The van der Waals surface area contributed by atoms with Crippen LogP contribution in [0.15, 0.2) is 30.3 Å². The van der Waals surface area contributed by atoms with Gasteiger partial charge < -0.3 is 5.32 Å². The molecule has 96 valence electrons. The first-order valence-corrected chi connectivity index (χ1v) is 5.16. The molecular weight excluding hydrogens is 247 g/mol. The lowest BCUT2D eigenvalue weighted by Crippen LogP contribution is -2.29. The summed E-state index contributed by atoms with van der Waals surface area (Å²) in [5.74, 6) is 0.324. The molecule has 5 nitrogen and oxygen atoms in total. The van der Waals surface area contributed by atoms with Gasteiger partial charge in [0.15, 0.2) is 5.82 Å². The molecule has 0 unspecified atom stereocenters. The summed E-state index contributed by atoms with van der Waals surface area (Å²) in [7, 11) is 0. The second-order valence-electron chi connectivity index (χ2n) is 3.56. The van der Waals surface area contributed by atoms with E-state index < -0.39 is 12.7 Å². The molecular formula is C10H10F3N5. The lowest BCUT2D eigenvalue weighted by Gasteiger charge is -2.08. The molecule has 0 aliphatic rings. The van der Waals surface area contributed by atoms with E-state index in [-0.39, 0.29) is 6.54 Å². The smallest absolute Gasteiger partial charge is 0.302 e. The first kappa shape index (κ1) is 12.5. The van der Waals surface area contributed by atoms with Crippen LogP contribution in [-0.2, 0) is 6.54 Å². The summed E-state index contributed by atoms with van der Waals surface area (Å²) < 4.78 is 37.4. The SMILES string of the molecule is FC(F)(F)CNCc1nnnn1-c1ccccc1. The summed E-state index contributed by atoms with van der Waals surface area (Å²) in [5, 5.41) is 13.1. The van der Waals surface area contributed by atoms with E-state index in [0.29, 0.717) is 11.5 Å². The van der Waals surface area contributed by atoms with Crippen molar-refractivity contribution in [2.45, 2.75) is 12.7 Å². The van der Waals surface area contributed by atoms with Crippen LogP contribution >= 0.6 is 0 Å². The summed E-state index contributed by atoms with van der Waals surface area (Å²) in [5.41, 5.74) is 0.700. The van der Waals surface area contributed by atoms with Crippen LogP contribution in [0.2, 0.25) is 0 Å². The molecule has 0 fully saturated rings. The fourth-order valence-electron chi connectivity index (χ4n) is 1.40. The maximum Gasteiger partial charge on any atom is 0.401 e. The molecule has 2 aromatic rings. The van der Waals surface area contributed by atoms with Gasteiger partial charge in [0.25, 0.3) is 0 Å². The lowest BCUT2D eigenvalue weighted by molar-refractivity contribution is -0.125. The Morgan fingerprint density at radius 3 is 2.56 bits per heavy atom. The number of para-hydroxylation sites is 1. The molecule has 0 aliphatic carbocycles. The van der Waals surface area contributed by atoms with Crippen molar-refractivity contribution < 1.29 is 13.2 Å².